The lowest BCUT2D eigenvalue weighted by molar-refractivity contribution is 0.225. The number of hydrogen-bond donors (Lipinski definition) is 1. The number of sulfone groups is 1. The van der Waals surface area contributed by atoms with Gasteiger partial charge in [0, 0.05) is 11.6 Å². The van der Waals surface area contributed by atoms with Gasteiger partial charge in [0.25, 0.3) is 0 Å². The van der Waals surface area contributed by atoms with Gasteiger partial charge in [-0.25, -0.2) is 8.42 Å². The molecule has 0 aliphatic carbocycles. The second-order valence-corrected chi connectivity index (χ2v) is 7.19. The quantitative estimate of drug-likeness (QED) is 0.897. The molecule has 4 nitrogen and oxygen atoms in total. The number of ether oxygens (including phenoxy) is 1. The van der Waals surface area contributed by atoms with E-state index in [1.807, 2.05) is 24.3 Å². The van der Waals surface area contributed by atoms with Crippen LogP contribution in [0.2, 0.25) is 0 Å². The molecule has 1 aliphatic rings. The summed E-state index contributed by atoms with van der Waals surface area (Å²) in [4.78, 5) is 0. The van der Waals surface area contributed by atoms with Crippen molar-refractivity contribution < 1.29 is 13.2 Å². The van der Waals surface area contributed by atoms with Crippen LogP contribution in [0.1, 0.15) is 31.9 Å². The fourth-order valence-electron chi connectivity index (χ4n) is 2.40. The Balaban J connectivity index is 2.12. The second kappa shape index (κ2) is 5.92. The molecular weight excluding hydrogens is 262 g/mol. The van der Waals surface area contributed by atoms with Crippen molar-refractivity contribution in [2.45, 2.75) is 32.4 Å². The molecule has 19 heavy (non-hydrogen) atoms. The van der Waals surface area contributed by atoms with E-state index in [9.17, 15) is 8.42 Å². The van der Waals surface area contributed by atoms with E-state index in [0.29, 0.717) is 6.42 Å². The number of para-hydroxylation sites is 1. The molecule has 0 amide bonds. The second-order valence-electron chi connectivity index (χ2n) is 4.96. The van der Waals surface area contributed by atoms with Crippen LogP contribution < -0.4 is 10.1 Å². The zero-order valence-corrected chi connectivity index (χ0v) is 12.2. The third-order valence-corrected chi connectivity index (χ3v) is 5.12. The topological polar surface area (TPSA) is 55.4 Å². The summed E-state index contributed by atoms with van der Waals surface area (Å²) >= 11 is 0. The number of hydrogen-bond acceptors (Lipinski definition) is 4. The molecule has 1 heterocycles. The molecule has 0 radical (unpaired) electrons. The zero-order chi connectivity index (χ0) is 13.9. The highest BCUT2D eigenvalue weighted by molar-refractivity contribution is 7.91. The molecule has 1 aromatic carbocycles. The minimum atomic E-state index is -2.90. The van der Waals surface area contributed by atoms with Crippen LogP contribution in [0.3, 0.4) is 0 Å². The van der Waals surface area contributed by atoms with E-state index in [1.165, 1.54) is 0 Å². The van der Waals surface area contributed by atoms with E-state index >= 15 is 0 Å². The summed E-state index contributed by atoms with van der Waals surface area (Å²) in [6.45, 7) is 5.02. The van der Waals surface area contributed by atoms with Gasteiger partial charge in [0.2, 0.25) is 0 Å². The van der Waals surface area contributed by atoms with Crippen LogP contribution >= 0.6 is 0 Å². The maximum atomic E-state index is 11.5. The monoisotopic (exact) mass is 283 g/mol. The molecule has 0 bridgehead atoms. The fourth-order valence-corrected chi connectivity index (χ4v) is 3.98. The standard InChI is InChI=1S/C14H21NO3S/c1-3-15-11(2)13-6-4-5-7-14(13)18-12-8-9-19(16,17)10-12/h4-7,11-12,15H,3,8-10H2,1-2H3. The molecule has 0 saturated carbocycles. The number of nitrogens with one attached hydrogen (secondary N) is 1. The van der Waals surface area contributed by atoms with Crippen LogP contribution in [0.5, 0.6) is 5.75 Å². The van der Waals surface area contributed by atoms with Crippen molar-refractivity contribution in [1.29, 1.82) is 0 Å². The lowest BCUT2D eigenvalue weighted by atomic mass is 10.1. The van der Waals surface area contributed by atoms with Crippen molar-refractivity contribution >= 4 is 9.84 Å². The summed E-state index contributed by atoms with van der Waals surface area (Å²) in [7, 11) is -2.90. The Morgan fingerprint density at radius 2 is 2.16 bits per heavy atom. The van der Waals surface area contributed by atoms with Gasteiger partial charge >= 0.3 is 0 Å². The molecule has 1 aliphatic heterocycles. The summed E-state index contributed by atoms with van der Waals surface area (Å²) in [5.74, 6) is 1.16. The highest BCUT2D eigenvalue weighted by atomic mass is 32.2. The predicted molar refractivity (Wildman–Crippen MR) is 76.2 cm³/mol. The maximum Gasteiger partial charge on any atom is 0.154 e. The Morgan fingerprint density at radius 1 is 1.42 bits per heavy atom. The predicted octanol–water partition coefficient (Wildman–Crippen LogP) is 1.92. The van der Waals surface area contributed by atoms with E-state index in [1.54, 1.807) is 0 Å². The molecule has 106 valence electrons. The van der Waals surface area contributed by atoms with Crippen LogP contribution in [0.4, 0.5) is 0 Å². The summed E-state index contributed by atoms with van der Waals surface area (Å²) in [5.41, 5.74) is 1.08. The molecule has 1 N–H and O–H groups in total. The van der Waals surface area contributed by atoms with Crippen molar-refractivity contribution in [1.82, 2.24) is 5.32 Å². The first-order valence-electron chi connectivity index (χ1n) is 6.71. The van der Waals surface area contributed by atoms with Gasteiger partial charge in [-0.1, -0.05) is 25.1 Å². The maximum absolute atomic E-state index is 11.5. The summed E-state index contributed by atoms with van der Waals surface area (Å²) in [6, 6.07) is 8.02. The van der Waals surface area contributed by atoms with Gasteiger partial charge in [-0.3, -0.25) is 0 Å². The molecule has 2 atom stereocenters. The number of benzene rings is 1. The Kier molecular flexibility index (Phi) is 4.47. The minimum Gasteiger partial charge on any atom is -0.489 e. The lowest BCUT2D eigenvalue weighted by Gasteiger charge is -2.20. The van der Waals surface area contributed by atoms with Gasteiger partial charge in [-0.15, -0.1) is 0 Å². The van der Waals surface area contributed by atoms with E-state index in [0.717, 1.165) is 17.9 Å². The van der Waals surface area contributed by atoms with Crippen molar-refractivity contribution in [3.05, 3.63) is 29.8 Å². The fraction of sp³-hybridized carbons (Fsp3) is 0.571. The first kappa shape index (κ1) is 14.3. The Hall–Kier alpha value is -1.07. The van der Waals surface area contributed by atoms with E-state index < -0.39 is 9.84 Å². The molecule has 0 spiro atoms. The highest BCUT2D eigenvalue weighted by Gasteiger charge is 2.30. The zero-order valence-electron chi connectivity index (χ0n) is 11.4. The Bertz CT molecular complexity index is 527. The molecule has 0 aromatic heterocycles. The molecule has 1 fully saturated rings. The van der Waals surface area contributed by atoms with Gasteiger partial charge in [0.1, 0.15) is 11.9 Å². The summed E-state index contributed by atoms with van der Waals surface area (Å²) in [6.07, 6.45) is 0.381. The van der Waals surface area contributed by atoms with Crippen LogP contribution in [0.15, 0.2) is 24.3 Å². The Labute approximate surface area is 115 Å². The SMILES string of the molecule is CCNC(C)c1ccccc1OC1CCS(=O)(=O)C1. The van der Waals surface area contributed by atoms with Gasteiger partial charge in [0.15, 0.2) is 9.84 Å². The first-order chi connectivity index (χ1) is 9.02. The van der Waals surface area contributed by atoms with Gasteiger partial charge in [-0.2, -0.15) is 0 Å². The summed E-state index contributed by atoms with van der Waals surface area (Å²) < 4.78 is 28.8. The Morgan fingerprint density at radius 3 is 2.79 bits per heavy atom. The van der Waals surface area contributed by atoms with Crippen molar-refractivity contribution in [3.8, 4) is 5.75 Å². The first-order valence-corrected chi connectivity index (χ1v) is 8.53. The highest BCUT2D eigenvalue weighted by Crippen LogP contribution is 2.27. The van der Waals surface area contributed by atoms with Crippen LogP contribution in [-0.2, 0) is 9.84 Å². The van der Waals surface area contributed by atoms with Crippen LogP contribution in [0.25, 0.3) is 0 Å². The van der Waals surface area contributed by atoms with Gasteiger partial charge in [0.05, 0.1) is 11.5 Å². The van der Waals surface area contributed by atoms with Crippen LogP contribution in [0, 0.1) is 0 Å². The number of rotatable bonds is 5. The molecule has 5 heteroatoms. The summed E-state index contributed by atoms with van der Waals surface area (Å²) in [5, 5.41) is 3.35. The minimum absolute atomic E-state index is 0.136. The van der Waals surface area contributed by atoms with Crippen molar-refractivity contribution in [2.75, 3.05) is 18.1 Å². The van der Waals surface area contributed by atoms with Crippen molar-refractivity contribution in [3.63, 3.8) is 0 Å². The lowest BCUT2D eigenvalue weighted by Crippen LogP contribution is -2.22. The molecule has 2 rings (SSSR count). The average Bonchev–Trinajstić information content (AvgIpc) is 2.69. The van der Waals surface area contributed by atoms with Gasteiger partial charge < -0.3 is 10.1 Å². The normalized spacial score (nSPS) is 23.2. The van der Waals surface area contributed by atoms with Crippen molar-refractivity contribution in [2.24, 2.45) is 0 Å². The third kappa shape index (κ3) is 3.70. The van der Waals surface area contributed by atoms with Crippen LogP contribution in [-0.4, -0.2) is 32.6 Å². The third-order valence-electron chi connectivity index (χ3n) is 3.38. The average molecular weight is 283 g/mol. The van der Waals surface area contributed by atoms with Gasteiger partial charge in [-0.05, 0) is 26.0 Å². The molecular formula is C14H21NO3S. The molecule has 1 aromatic rings. The van der Waals surface area contributed by atoms with E-state index in [4.69, 9.17) is 4.74 Å². The molecule has 1 saturated heterocycles. The van der Waals surface area contributed by atoms with E-state index in [2.05, 4.69) is 19.2 Å². The molecule has 2 unspecified atom stereocenters. The smallest absolute Gasteiger partial charge is 0.154 e. The van der Waals surface area contributed by atoms with E-state index in [-0.39, 0.29) is 23.7 Å². The largest absolute Gasteiger partial charge is 0.489 e.